The SMILES string of the molecule is CC.CC(C)OC1CCC2(CC1)CCN(CC1CCN(C(C)C)CC1)CC2. The van der Waals surface area contributed by atoms with Crippen LogP contribution in [0.25, 0.3) is 0 Å². The summed E-state index contributed by atoms with van der Waals surface area (Å²) < 4.78 is 6.06. The van der Waals surface area contributed by atoms with Crippen LogP contribution in [-0.2, 0) is 4.74 Å². The lowest BCUT2D eigenvalue weighted by molar-refractivity contribution is -0.0493. The Labute approximate surface area is 170 Å². The lowest BCUT2D eigenvalue weighted by Gasteiger charge is -2.47. The molecule has 0 aromatic carbocycles. The van der Waals surface area contributed by atoms with Crippen molar-refractivity contribution in [1.29, 1.82) is 0 Å². The average Bonchev–Trinajstić information content (AvgIpc) is 2.67. The molecule has 2 heterocycles. The van der Waals surface area contributed by atoms with E-state index in [2.05, 4.69) is 37.5 Å². The first-order chi connectivity index (χ1) is 13.0. The molecule has 3 heteroatoms. The number of likely N-dealkylation sites (tertiary alicyclic amines) is 2. The number of rotatable bonds is 5. The molecule has 2 saturated heterocycles. The Kier molecular flexibility index (Phi) is 9.58. The second kappa shape index (κ2) is 11.2. The van der Waals surface area contributed by atoms with E-state index in [9.17, 15) is 0 Å². The molecule has 0 amide bonds. The molecule has 1 spiro atoms. The van der Waals surface area contributed by atoms with Crippen LogP contribution in [0, 0.1) is 11.3 Å². The van der Waals surface area contributed by atoms with Gasteiger partial charge in [-0.05, 0) is 117 Å². The first-order valence-corrected chi connectivity index (χ1v) is 12.1. The van der Waals surface area contributed by atoms with Crippen molar-refractivity contribution < 1.29 is 4.74 Å². The quantitative estimate of drug-likeness (QED) is 0.619. The van der Waals surface area contributed by atoms with Crippen LogP contribution in [0.2, 0.25) is 0 Å². The number of ether oxygens (including phenoxy) is 1. The Morgan fingerprint density at radius 3 is 1.85 bits per heavy atom. The fourth-order valence-corrected chi connectivity index (χ4v) is 5.45. The summed E-state index contributed by atoms with van der Waals surface area (Å²) in [5.41, 5.74) is 0.661. The number of piperidine rings is 2. The zero-order chi connectivity index (χ0) is 19.9. The number of hydrogen-bond acceptors (Lipinski definition) is 3. The van der Waals surface area contributed by atoms with Gasteiger partial charge in [0.1, 0.15) is 0 Å². The Bertz CT molecular complexity index is 383. The van der Waals surface area contributed by atoms with Gasteiger partial charge in [-0.1, -0.05) is 13.8 Å². The van der Waals surface area contributed by atoms with Crippen LogP contribution in [0.5, 0.6) is 0 Å². The Morgan fingerprint density at radius 2 is 1.37 bits per heavy atom. The van der Waals surface area contributed by atoms with E-state index in [0.29, 0.717) is 17.6 Å². The van der Waals surface area contributed by atoms with Gasteiger partial charge < -0.3 is 14.5 Å². The van der Waals surface area contributed by atoms with Crippen molar-refractivity contribution in [1.82, 2.24) is 9.80 Å². The van der Waals surface area contributed by atoms with Gasteiger partial charge in [0.15, 0.2) is 0 Å². The van der Waals surface area contributed by atoms with Crippen LogP contribution in [0.15, 0.2) is 0 Å². The molecule has 1 saturated carbocycles. The zero-order valence-corrected chi connectivity index (χ0v) is 19.3. The molecule has 1 aliphatic carbocycles. The molecule has 0 radical (unpaired) electrons. The third kappa shape index (κ3) is 7.01. The van der Waals surface area contributed by atoms with E-state index in [1.807, 2.05) is 13.8 Å². The summed E-state index contributed by atoms with van der Waals surface area (Å²) in [6.45, 7) is 19.7. The normalized spacial score (nSPS) is 25.8. The van der Waals surface area contributed by atoms with E-state index in [-0.39, 0.29) is 0 Å². The van der Waals surface area contributed by atoms with Gasteiger partial charge in [0.2, 0.25) is 0 Å². The smallest absolute Gasteiger partial charge is 0.0579 e. The van der Waals surface area contributed by atoms with Crippen LogP contribution in [0.1, 0.15) is 92.9 Å². The summed E-state index contributed by atoms with van der Waals surface area (Å²) >= 11 is 0. The highest BCUT2D eigenvalue weighted by atomic mass is 16.5. The summed E-state index contributed by atoms with van der Waals surface area (Å²) in [6, 6.07) is 0.727. The minimum Gasteiger partial charge on any atom is -0.376 e. The van der Waals surface area contributed by atoms with Gasteiger partial charge >= 0.3 is 0 Å². The molecular weight excluding hydrogens is 332 g/mol. The van der Waals surface area contributed by atoms with Crippen molar-refractivity contribution in [3.8, 4) is 0 Å². The molecule has 0 bridgehead atoms. The van der Waals surface area contributed by atoms with Gasteiger partial charge in [-0.3, -0.25) is 0 Å². The molecule has 0 aromatic heterocycles. The maximum Gasteiger partial charge on any atom is 0.0579 e. The van der Waals surface area contributed by atoms with Gasteiger partial charge in [-0.2, -0.15) is 0 Å². The van der Waals surface area contributed by atoms with Crippen molar-refractivity contribution in [2.75, 3.05) is 32.7 Å². The first-order valence-electron chi connectivity index (χ1n) is 12.1. The molecule has 27 heavy (non-hydrogen) atoms. The van der Waals surface area contributed by atoms with Crippen LogP contribution < -0.4 is 0 Å². The third-order valence-electron chi connectivity index (χ3n) is 7.27. The second-order valence-corrected chi connectivity index (χ2v) is 9.76. The minimum atomic E-state index is 0.392. The molecule has 160 valence electrons. The highest BCUT2D eigenvalue weighted by molar-refractivity contribution is 4.91. The highest BCUT2D eigenvalue weighted by Crippen LogP contribution is 2.45. The lowest BCUT2D eigenvalue weighted by Crippen LogP contribution is -2.46. The van der Waals surface area contributed by atoms with Crippen LogP contribution >= 0.6 is 0 Å². The van der Waals surface area contributed by atoms with Crippen molar-refractivity contribution in [3.05, 3.63) is 0 Å². The molecule has 3 aliphatic rings. The van der Waals surface area contributed by atoms with Crippen LogP contribution in [0.3, 0.4) is 0 Å². The second-order valence-electron chi connectivity index (χ2n) is 9.76. The van der Waals surface area contributed by atoms with Crippen molar-refractivity contribution in [2.24, 2.45) is 11.3 Å². The maximum atomic E-state index is 6.06. The van der Waals surface area contributed by atoms with Gasteiger partial charge in [-0.15, -0.1) is 0 Å². The molecule has 3 nitrogen and oxygen atoms in total. The Hall–Kier alpha value is -0.120. The van der Waals surface area contributed by atoms with E-state index in [1.165, 1.54) is 84.1 Å². The largest absolute Gasteiger partial charge is 0.376 e. The van der Waals surface area contributed by atoms with Gasteiger partial charge in [0.05, 0.1) is 12.2 Å². The summed E-state index contributed by atoms with van der Waals surface area (Å²) in [4.78, 5) is 5.44. The van der Waals surface area contributed by atoms with Crippen LogP contribution in [-0.4, -0.2) is 60.8 Å². The molecule has 0 unspecified atom stereocenters. The van der Waals surface area contributed by atoms with E-state index in [1.54, 1.807) is 0 Å². The monoisotopic (exact) mass is 380 g/mol. The molecule has 2 aliphatic heterocycles. The standard InChI is InChI=1S/C22H42N2O.C2H6/c1-18(2)24-13-7-20(8-14-24)17-23-15-11-22(12-16-23)9-5-21(6-10-22)25-19(3)4;1-2/h18-21H,5-17H2,1-4H3;1-2H3. The summed E-state index contributed by atoms with van der Waals surface area (Å²) in [7, 11) is 0. The summed E-state index contributed by atoms with van der Waals surface area (Å²) in [6.07, 6.45) is 12.0. The number of nitrogens with zero attached hydrogens (tertiary/aromatic N) is 2. The molecule has 0 aromatic rings. The van der Waals surface area contributed by atoms with E-state index < -0.39 is 0 Å². The van der Waals surface area contributed by atoms with E-state index in [0.717, 1.165) is 12.0 Å². The van der Waals surface area contributed by atoms with Crippen molar-refractivity contribution in [2.45, 2.75) is 111 Å². The van der Waals surface area contributed by atoms with Gasteiger partial charge in [0, 0.05) is 12.6 Å². The Balaban J connectivity index is 0.00000126. The highest BCUT2D eigenvalue weighted by Gasteiger charge is 2.38. The number of hydrogen-bond donors (Lipinski definition) is 0. The van der Waals surface area contributed by atoms with Gasteiger partial charge in [-0.25, -0.2) is 0 Å². The minimum absolute atomic E-state index is 0.392. The van der Waals surface area contributed by atoms with Crippen molar-refractivity contribution in [3.63, 3.8) is 0 Å². The first kappa shape index (κ1) is 23.2. The molecule has 0 atom stereocenters. The fourth-order valence-electron chi connectivity index (χ4n) is 5.45. The fraction of sp³-hybridized carbons (Fsp3) is 1.00. The summed E-state index contributed by atoms with van der Waals surface area (Å²) in [5, 5.41) is 0. The lowest BCUT2D eigenvalue weighted by atomic mass is 9.67. The van der Waals surface area contributed by atoms with Crippen molar-refractivity contribution >= 4 is 0 Å². The van der Waals surface area contributed by atoms with E-state index in [4.69, 9.17) is 4.74 Å². The maximum absolute atomic E-state index is 6.06. The Morgan fingerprint density at radius 1 is 0.815 bits per heavy atom. The molecule has 0 N–H and O–H groups in total. The third-order valence-corrected chi connectivity index (χ3v) is 7.27. The zero-order valence-electron chi connectivity index (χ0n) is 19.3. The summed E-state index contributed by atoms with van der Waals surface area (Å²) in [5.74, 6) is 0.944. The predicted molar refractivity (Wildman–Crippen MR) is 117 cm³/mol. The van der Waals surface area contributed by atoms with Gasteiger partial charge in [0.25, 0.3) is 0 Å². The van der Waals surface area contributed by atoms with E-state index >= 15 is 0 Å². The molecular formula is C24H48N2O. The average molecular weight is 381 g/mol. The predicted octanol–water partition coefficient (Wildman–Crippen LogP) is 5.58. The van der Waals surface area contributed by atoms with Crippen LogP contribution in [0.4, 0.5) is 0 Å². The molecule has 3 fully saturated rings. The molecule has 3 rings (SSSR count). The topological polar surface area (TPSA) is 15.7 Å².